The van der Waals surface area contributed by atoms with Gasteiger partial charge < -0.3 is 19.7 Å². The quantitative estimate of drug-likeness (QED) is 0.462. The van der Waals surface area contributed by atoms with Crippen LogP contribution < -0.4 is 10.2 Å². The van der Waals surface area contributed by atoms with E-state index in [1.165, 1.54) is 23.5 Å². The number of anilines is 1. The summed E-state index contributed by atoms with van der Waals surface area (Å²) in [6.07, 6.45) is 0. The predicted molar refractivity (Wildman–Crippen MR) is 139 cm³/mol. The molecule has 1 fully saturated rings. The molecule has 35 heavy (non-hydrogen) atoms. The number of nitrogens with zero attached hydrogens (tertiary/aromatic N) is 5. The molecule has 2 heterocycles. The Bertz CT molecular complexity index is 1200. The minimum atomic E-state index is -0.398. The highest BCUT2D eigenvalue weighted by molar-refractivity contribution is 7.99. The molecule has 8 nitrogen and oxygen atoms in total. The highest BCUT2D eigenvalue weighted by Crippen LogP contribution is 2.24. The van der Waals surface area contributed by atoms with E-state index < -0.39 is 6.04 Å². The van der Waals surface area contributed by atoms with E-state index in [0.29, 0.717) is 39.7 Å². The van der Waals surface area contributed by atoms with Gasteiger partial charge in [-0.05, 0) is 37.3 Å². The van der Waals surface area contributed by atoms with Crippen molar-refractivity contribution < 1.29 is 9.59 Å². The number of aromatic nitrogens is 3. The summed E-state index contributed by atoms with van der Waals surface area (Å²) in [5.74, 6) is 0.651. The lowest BCUT2D eigenvalue weighted by Gasteiger charge is -2.36. The van der Waals surface area contributed by atoms with Crippen molar-refractivity contribution in [3.05, 3.63) is 70.0 Å². The molecule has 0 saturated carbocycles. The van der Waals surface area contributed by atoms with E-state index in [1.807, 2.05) is 37.1 Å². The van der Waals surface area contributed by atoms with Gasteiger partial charge in [-0.15, -0.1) is 10.2 Å². The van der Waals surface area contributed by atoms with Crippen LogP contribution in [-0.2, 0) is 11.8 Å². The number of thioether (sulfide) groups is 1. The van der Waals surface area contributed by atoms with Gasteiger partial charge in [0.05, 0.1) is 21.8 Å². The van der Waals surface area contributed by atoms with Crippen molar-refractivity contribution in [2.24, 2.45) is 7.05 Å². The molecule has 0 aliphatic carbocycles. The Balaban J connectivity index is 1.29. The van der Waals surface area contributed by atoms with Gasteiger partial charge in [0.1, 0.15) is 0 Å². The van der Waals surface area contributed by atoms with Crippen molar-refractivity contribution in [3.63, 3.8) is 0 Å². The lowest BCUT2D eigenvalue weighted by Crippen LogP contribution is -2.49. The second-order valence-electron chi connectivity index (χ2n) is 8.22. The predicted octanol–water partition coefficient (Wildman–Crippen LogP) is 4.05. The maximum absolute atomic E-state index is 12.8. The van der Waals surface area contributed by atoms with Crippen LogP contribution in [0.4, 0.5) is 5.69 Å². The number of carbonyl (C=O) groups is 2. The standard InChI is InChI=1S/C24H26Cl2N6O2S/c1-16(27-23(34)17-8-9-19(25)20(26)14-17)22-28-29-24(30(22)2)35-15-21(33)32-12-10-31(11-13-32)18-6-4-3-5-7-18/h3-9,14,16H,10-13,15H2,1-2H3,(H,27,34)/t16-/m1/s1. The molecule has 1 aliphatic heterocycles. The summed E-state index contributed by atoms with van der Waals surface area (Å²) in [7, 11) is 1.82. The highest BCUT2D eigenvalue weighted by Gasteiger charge is 2.23. The molecule has 0 bridgehead atoms. The zero-order chi connectivity index (χ0) is 24.9. The van der Waals surface area contributed by atoms with Crippen LogP contribution in [0.25, 0.3) is 0 Å². The zero-order valence-corrected chi connectivity index (χ0v) is 21.8. The number of hydrogen-bond donors (Lipinski definition) is 1. The molecule has 1 aliphatic rings. The molecule has 4 rings (SSSR count). The van der Waals surface area contributed by atoms with Gasteiger partial charge in [0.25, 0.3) is 5.91 Å². The maximum Gasteiger partial charge on any atom is 0.251 e. The lowest BCUT2D eigenvalue weighted by atomic mass is 10.2. The molecule has 2 aromatic carbocycles. The number of amides is 2. The number of piperazine rings is 1. The number of rotatable bonds is 7. The first kappa shape index (κ1) is 25.3. The Kier molecular flexibility index (Phi) is 8.20. The largest absolute Gasteiger partial charge is 0.368 e. The molecule has 0 spiro atoms. The summed E-state index contributed by atoms with van der Waals surface area (Å²) in [4.78, 5) is 29.5. The lowest BCUT2D eigenvalue weighted by molar-refractivity contribution is -0.128. The summed E-state index contributed by atoms with van der Waals surface area (Å²) in [5, 5.41) is 12.7. The molecular formula is C24H26Cl2N6O2S. The summed E-state index contributed by atoms with van der Waals surface area (Å²) >= 11 is 13.3. The average molecular weight is 533 g/mol. The van der Waals surface area contributed by atoms with Gasteiger partial charge in [-0.2, -0.15) is 0 Å². The van der Waals surface area contributed by atoms with Crippen molar-refractivity contribution in [2.75, 3.05) is 36.8 Å². The third-order valence-electron chi connectivity index (χ3n) is 5.86. The molecular weight excluding hydrogens is 507 g/mol. The fraction of sp³-hybridized carbons (Fsp3) is 0.333. The van der Waals surface area contributed by atoms with Gasteiger partial charge >= 0.3 is 0 Å². The first-order valence-electron chi connectivity index (χ1n) is 11.2. The zero-order valence-electron chi connectivity index (χ0n) is 19.4. The van der Waals surface area contributed by atoms with E-state index >= 15 is 0 Å². The van der Waals surface area contributed by atoms with E-state index in [9.17, 15) is 9.59 Å². The van der Waals surface area contributed by atoms with E-state index in [2.05, 4.69) is 32.5 Å². The molecule has 2 amide bonds. The topological polar surface area (TPSA) is 83.4 Å². The van der Waals surface area contributed by atoms with Crippen LogP contribution in [0.3, 0.4) is 0 Å². The Morgan fingerprint density at radius 2 is 1.74 bits per heavy atom. The fourth-order valence-electron chi connectivity index (χ4n) is 3.88. The molecule has 3 aromatic rings. The number of halogens is 2. The first-order valence-corrected chi connectivity index (χ1v) is 12.9. The van der Waals surface area contributed by atoms with Gasteiger partial charge in [0.15, 0.2) is 11.0 Å². The van der Waals surface area contributed by atoms with Crippen LogP contribution >= 0.6 is 35.0 Å². The fourth-order valence-corrected chi connectivity index (χ4v) is 5.00. The van der Waals surface area contributed by atoms with Gasteiger partial charge in [0.2, 0.25) is 5.91 Å². The number of carbonyl (C=O) groups excluding carboxylic acids is 2. The number of benzene rings is 2. The Labute approximate surface area is 218 Å². The van der Waals surface area contributed by atoms with Gasteiger partial charge in [-0.3, -0.25) is 9.59 Å². The van der Waals surface area contributed by atoms with E-state index in [0.717, 1.165) is 13.1 Å². The van der Waals surface area contributed by atoms with Crippen LogP contribution in [0.15, 0.2) is 53.7 Å². The SMILES string of the molecule is C[C@@H](NC(=O)c1ccc(Cl)c(Cl)c1)c1nnc(SCC(=O)N2CCN(c3ccccc3)CC2)n1C. The van der Waals surface area contributed by atoms with Crippen LogP contribution in [0.5, 0.6) is 0 Å². The summed E-state index contributed by atoms with van der Waals surface area (Å²) in [6, 6.07) is 14.6. The molecule has 0 unspecified atom stereocenters. The molecule has 1 saturated heterocycles. The number of nitrogens with one attached hydrogen (secondary N) is 1. The van der Waals surface area contributed by atoms with Crippen molar-refractivity contribution in [1.29, 1.82) is 0 Å². The third kappa shape index (κ3) is 6.09. The maximum atomic E-state index is 12.8. The molecule has 11 heteroatoms. The molecule has 1 atom stereocenters. The normalized spacial score (nSPS) is 14.6. The van der Waals surface area contributed by atoms with Crippen molar-refractivity contribution in [3.8, 4) is 0 Å². The van der Waals surface area contributed by atoms with Gasteiger partial charge in [-0.1, -0.05) is 53.2 Å². The second-order valence-corrected chi connectivity index (χ2v) is 9.97. The van der Waals surface area contributed by atoms with Crippen molar-refractivity contribution in [1.82, 2.24) is 25.0 Å². The summed E-state index contributed by atoms with van der Waals surface area (Å²) < 4.78 is 1.80. The highest BCUT2D eigenvalue weighted by atomic mass is 35.5. The Morgan fingerprint density at radius 3 is 2.43 bits per heavy atom. The van der Waals surface area contributed by atoms with Crippen LogP contribution in [-0.4, -0.2) is 63.4 Å². The second kappa shape index (κ2) is 11.3. The van der Waals surface area contributed by atoms with Gasteiger partial charge in [0, 0.05) is 44.5 Å². The Hall–Kier alpha value is -2.75. The third-order valence-corrected chi connectivity index (χ3v) is 7.61. The molecule has 1 aromatic heterocycles. The van der Waals surface area contributed by atoms with Crippen LogP contribution in [0, 0.1) is 0 Å². The molecule has 1 N–H and O–H groups in total. The van der Waals surface area contributed by atoms with E-state index in [-0.39, 0.29) is 17.6 Å². The van der Waals surface area contributed by atoms with Crippen molar-refractivity contribution in [2.45, 2.75) is 18.1 Å². The van der Waals surface area contributed by atoms with E-state index in [1.54, 1.807) is 16.7 Å². The van der Waals surface area contributed by atoms with Gasteiger partial charge in [-0.25, -0.2) is 0 Å². The number of hydrogen-bond acceptors (Lipinski definition) is 6. The summed E-state index contributed by atoms with van der Waals surface area (Å²) in [5.41, 5.74) is 1.59. The van der Waals surface area contributed by atoms with Crippen LogP contribution in [0.2, 0.25) is 10.0 Å². The minimum Gasteiger partial charge on any atom is -0.368 e. The van der Waals surface area contributed by atoms with Crippen LogP contribution in [0.1, 0.15) is 29.1 Å². The smallest absolute Gasteiger partial charge is 0.251 e. The molecule has 0 radical (unpaired) electrons. The van der Waals surface area contributed by atoms with Crippen molar-refractivity contribution >= 4 is 52.5 Å². The average Bonchev–Trinajstić information content (AvgIpc) is 3.25. The number of para-hydroxylation sites is 1. The summed E-state index contributed by atoms with van der Waals surface area (Å²) in [6.45, 7) is 4.83. The molecule has 184 valence electrons. The first-order chi connectivity index (χ1) is 16.8. The monoisotopic (exact) mass is 532 g/mol. The Morgan fingerprint density at radius 1 is 1.03 bits per heavy atom. The van der Waals surface area contributed by atoms with E-state index in [4.69, 9.17) is 23.2 Å². The minimum absolute atomic E-state index is 0.0771.